The number of nitrogens with zero attached hydrogens (tertiary/aromatic N) is 1. The molecule has 3 heteroatoms. The van der Waals surface area contributed by atoms with Crippen molar-refractivity contribution in [3.63, 3.8) is 0 Å². The Kier molecular flexibility index (Phi) is 4.25. The van der Waals surface area contributed by atoms with E-state index in [0.717, 1.165) is 5.56 Å². The smallest absolute Gasteiger partial charge is 0.0245 e. The van der Waals surface area contributed by atoms with Gasteiger partial charge in [0, 0.05) is 12.1 Å². The van der Waals surface area contributed by atoms with Gasteiger partial charge in [0.05, 0.1) is 0 Å². The van der Waals surface area contributed by atoms with Crippen LogP contribution in [-0.2, 0) is 0 Å². The van der Waals surface area contributed by atoms with Gasteiger partial charge in [-0.3, -0.25) is 5.26 Å². The molecule has 0 amide bonds. The Labute approximate surface area is 78.8 Å². The highest BCUT2D eigenvalue weighted by molar-refractivity contribution is 6.42. The van der Waals surface area contributed by atoms with Gasteiger partial charge in [-0.2, -0.15) is 0 Å². The Morgan fingerprint density at radius 1 is 1.31 bits per heavy atom. The molecule has 1 aromatic rings. The fourth-order valence-corrected chi connectivity index (χ4v) is 0.815. The van der Waals surface area contributed by atoms with E-state index < -0.39 is 0 Å². The molecule has 2 nitrogen and oxygen atoms in total. The quantitative estimate of drug-likeness (QED) is 0.400. The van der Waals surface area contributed by atoms with Crippen molar-refractivity contribution in [1.29, 1.82) is 5.26 Å². The van der Waals surface area contributed by atoms with Crippen LogP contribution in [-0.4, -0.2) is 14.0 Å². The first kappa shape index (κ1) is 9.38. The summed E-state index contributed by atoms with van der Waals surface area (Å²) in [6.45, 7) is 0.502. The standard InChI is InChI=1S/C10H8BN2/c12-9-11-13-8-4-7-10-5-2-1-3-6-10/h1-3,5-6,13H,8H2/q-1. The molecule has 0 spiro atoms. The molecule has 1 aromatic carbocycles. The van der Waals surface area contributed by atoms with E-state index in [1.165, 1.54) is 7.41 Å². The largest absolute Gasteiger partial charge is 0.528 e. The molecule has 13 heavy (non-hydrogen) atoms. The summed E-state index contributed by atoms with van der Waals surface area (Å²) in [6, 6.07) is 9.73. The molecule has 0 fully saturated rings. The molecule has 0 saturated carbocycles. The van der Waals surface area contributed by atoms with Crippen LogP contribution in [0, 0.1) is 23.1 Å². The normalized spacial score (nSPS) is 8.23. The molecule has 0 bridgehead atoms. The molecule has 2 radical (unpaired) electrons. The van der Waals surface area contributed by atoms with Crippen molar-refractivity contribution in [2.75, 3.05) is 6.54 Å². The number of nitriles is 1. The molecule has 0 saturated heterocycles. The van der Waals surface area contributed by atoms with Crippen LogP contribution in [0.4, 0.5) is 0 Å². The summed E-state index contributed by atoms with van der Waals surface area (Å²) >= 11 is 0. The fourth-order valence-electron chi connectivity index (χ4n) is 0.815. The van der Waals surface area contributed by atoms with Crippen LogP contribution in [0.3, 0.4) is 0 Å². The van der Waals surface area contributed by atoms with Crippen molar-refractivity contribution in [3.05, 3.63) is 35.9 Å². The summed E-state index contributed by atoms with van der Waals surface area (Å²) in [5.74, 6) is 7.72. The second kappa shape index (κ2) is 5.88. The lowest BCUT2D eigenvalue weighted by atomic mass is 9.99. The molecule has 1 rings (SSSR count). The maximum atomic E-state index is 8.17. The molecular formula is C10H8BN2-. The predicted molar refractivity (Wildman–Crippen MR) is 52.7 cm³/mol. The van der Waals surface area contributed by atoms with Crippen LogP contribution in [0.15, 0.2) is 30.3 Å². The first-order valence-electron chi connectivity index (χ1n) is 3.92. The van der Waals surface area contributed by atoms with Crippen LogP contribution < -0.4 is 5.23 Å². The molecule has 0 aliphatic carbocycles. The average Bonchev–Trinajstić information content (AvgIpc) is 2.19. The number of hydrogen-bond acceptors (Lipinski definition) is 2. The third kappa shape index (κ3) is 4.01. The maximum absolute atomic E-state index is 8.17. The van der Waals surface area contributed by atoms with Gasteiger partial charge in [0.15, 0.2) is 0 Å². The number of rotatable bonds is 2. The Morgan fingerprint density at radius 2 is 2.08 bits per heavy atom. The minimum atomic E-state index is 0.502. The van der Waals surface area contributed by atoms with E-state index in [9.17, 15) is 0 Å². The number of benzene rings is 1. The summed E-state index contributed by atoms with van der Waals surface area (Å²) < 4.78 is 0. The summed E-state index contributed by atoms with van der Waals surface area (Å²) in [5.41, 5.74) is 0.987. The molecule has 0 aromatic heterocycles. The van der Waals surface area contributed by atoms with E-state index >= 15 is 0 Å². The van der Waals surface area contributed by atoms with Crippen LogP contribution >= 0.6 is 0 Å². The van der Waals surface area contributed by atoms with Crippen molar-refractivity contribution in [2.45, 2.75) is 0 Å². The van der Waals surface area contributed by atoms with Gasteiger partial charge in [0.1, 0.15) is 0 Å². The third-order valence-electron chi connectivity index (χ3n) is 1.36. The minimum Gasteiger partial charge on any atom is -0.528 e. The van der Waals surface area contributed by atoms with Crippen LogP contribution in [0.1, 0.15) is 5.56 Å². The molecule has 0 unspecified atom stereocenters. The first-order chi connectivity index (χ1) is 6.43. The highest BCUT2D eigenvalue weighted by Gasteiger charge is 1.78. The molecule has 0 atom stereocenters. The van der Waals surface area contributed by atoms with Crippen molar-refractivity contribution >= 4 is 7.41 Å². The summed E-state index contributed by atoms with van der Waals surface area (Å²) in [5, 5.41) is 10.9. The maximum Gasteiger partial charge on any atom is 0.0245 e. The van der Waals surface area contributed by atoms with Gasteiger partial charge >= 0.3 is 0 Å². The minimum absolute atomic E-state index is 0.502. The van der Waals surface area contributed by atoms with E-state index in [0.29, 0.717) is 6.54 Å². The average molecular weight is 167 g/mol. The Morgan fingerprint density at radius 3 is 2.77 bits per heavy atom. The summed E-state index contributed by atoms with van der Waals surface area (Å²) in [4.78, 5) is 0. The van der Waals surface area contributed by atoms with Gasteiger partial charge < -0.3 is 5.23 Å². The van der Waals surface area contributed by atoms with Crippen molar-refractivity contribution in [1.82, 2.24) is 5.23 Å². The van der Waals surface area contributed by atoms with Crippen LogP contribution in [0.5, 0.6) is 0 Å². The fraction of sp³-hybridized carbons (Fsp3) is 0.100. The van der Waals surface area contributed by atoms with E-state index in [-0.39, 0.29) is 0 Å². The van der Waals surface area contributed by atoms with Gasteiger partial charge in [-0.1, -0.05) is 30.0 Å². The third-order valence-corrected chi connectivity index (χ3v) is 1.36. The SMILES string of the molecule is N#C[B-]NCC#Cc1ccccc1. The lowest BCUT2D eigenvalue weighted by Crippen LogP contribution is -2.17. The predicted octanol–water partition coefficient (Wildman–Crippen LogP) is 0.728. The van der Waals surface area contributed by atoms with Gasteiger partial charge in [-0.25, -0.2) is 5.97 Å². The second-order valence-corrected chi connectivity index (χ2v) is 2.32. The van der Waals surface area contributed by atoms with Gasteiger partial charge in [-0.15, -0.1) is 7.41 Å². The van der Waals surface area contributed by atoms with E-state index in [4.69, 9.17) is 5.26 Å². The Hall–Kier alpha value is -1.71. The Balaban J connectivity index is 2.37. The first-order valence-corrected chi connectivity index (χ1v) is 3.92. The molecule has 0 heterocycles. The topological polar surface area (TPSA) is 35.8 Å². The monoisotopic (exact) mass is 167 g/mol. The van der Waals surface area contributed by atoms with Gasteiger partial charge in [0.2, 0.25) is 0 Å². The van der Waals surface area contributed by atoms with E-state index in [2.05, 4.69) is 17.1 Å². The zero-order chi connectivity index (χ0) is 9.36. The van der Waals surface area contributed by atoms with E-state index in [1.54, 1.807) is 0 Å². The molecule has 62 valence electrons. The van der Waals surface area contributed by atoms with Crippen LogP contribution in [0.25, 0.3) is 0 Å². The lowest BCUT2D eigenvalue weighted by Gasteiger charge is -2.01. The summed E-state index contributed by atoms with van der Waals surface area (Å²) in [7, 11) is 1.32. The van der Waals surface area contributed by atoms with Gasteiger partial charge in [0.25, 0.3) is 0 Å². The van der Waals surface area contributed by atoms with Gasteiger partial charge in [-0.05, 0) is 12.1 Å². The second-order valence-electron chi connectivity index (χ2n) is 2.32. The Bertz CT molecular complexity index is 343. The number of nitrogens with one attached hydrogen (secondary N) is 1. The molecule has 0 aliphatic rings. The highest BCUT2D eigenvalue weighted by Crippen LogP contribution is 1.93. The summed E-state index contributed by atoms with van der Waals surface area (Å²) in [6.07, 6.45) is 0. The number of hydrogen-bond donors (Lipinski definition) is 1. The van der Waals surface area contributed by atoms with Crippen LogP contribution in [0.2, 0.25) is 0 Å². The lowest BCUT2D eigenvalue weighted by molar-refractivity contribution is 1.13. The zero-order valence-corrected chi connectivity index (χ0v) is 7.12. The molecule has 0 aliphatic heterocycles. The zero-order valence-electron chi connectivity index (χ0n) is 7.12. The molecule has 1 N–H and O–H groups in total. The van der Waals surface area contributed by atoms with E-state index in [1.807, 2.05) is 36.3 Å². The van der Waals surface area contributed by atoms with Crippen molar-refractivity contribution < 1.29 is 0 Å². The molecular weight excluding hydrogens is 159 g/mol. The van der Waals surface area contributed by atoms with Crippen molar-refractivity contribution in [3.8, 4) is 17.8 Å². The highest BCUT2D eigenvalue weighted by atomic mass is 14.7. The van der Waals surface area contributed by atoms with Crippen molar-refractivity contribution in [2.24, 2.45) is 0 Å².